The second-order valence-electron chi connectivity index (χ2n) is 7.83. The summed E-state index contributed by atoms with van der Waals surface area (Å²) in [4.78, 5) is 4.30. The van der Waals surface area contributed by atoms with Crippen molar-refractivity contribution in [1.82, 2.24) is 14.6 Å². The van der Waals surface area contributed by atoms with Gasteiger partial charge in [0.25, 0.3) is 0 Å². The van der Waals surface area contributed by atoms with Gasteiger partial charge in [-0.3, -0.25) is 0 Å². The van der Waals surface area contributed by atoms with Crippen molar-refractivity contribution in [3.05, 3.63) is 78.3 Å². The number of rotatable bonds is 7. The SMILES string of the molecule is C=C(N)c1ccc(-c2cnc3c(NCC(O)C(F)(F)F)cc(Oc4cccc(F)c4)nn23)cc1C. The van der Waals surface area contributed by atoms with Gasteiger partial charge in [-0.15, -0.1) is 5.10 Å². The van der Waals surface area contributed by atoms with Crippen LogP contribution in [0.4, 0.5) is 23.2 Å². The van der Waals surface area contributed by atoms with E-state index in [0.717, 1.165) is 17.2 Å². The number of hydrogen-bond donors (Lipinski definition) is 3. The van der Waals surface area contributed by atoms with Crippen molar-refractivity contribution in [2.24, 2.45) is 5.73 Å². The Morgan fingerprint density at radius 2 is 2.00 bits per heavy atom. The minimum Gasteiger partial charge on any atom is -0.437 e. The number of aryl methyl sites for hydroxylation is 1. The predicted molar refractivity (Wildman–Crippen MR) is 123 cm³/mol. The Bertz CT molecular complexity index is 1400. The molecule has 0 radical (unpaired) electrons. The van der Waals surface area contributed by atoms with E-state index in [1.54, 1.807) is 12.1 Å². The Balaban J connectivity index is 1.79. The average Bonchev–Trinajstić information content (AvgIpc) is 3.20. The van der Waals surface area contributed by atoms with Gasteiger partial charge in [0.15, 0.2) is 11.8 Å². The monoisotopic (exact) mass is 487 g/mol. The standard InChI is InChI=1S/C24H21F4N5O2/c1-13-8-15(6-7-18(13)14(2)29)20-11-31-23-19(30-12-21(34)24(26,27)28)10-22(32-33(20)23)35-17-5-3-4-16(25)9-17/h3-11,21,30,34H,2,12,29H2,1H3. The summed E-state index contributed by atoms with van der Waals surface area (Å²) in [6.07, 6.45) is -5.90. The fourth-order valence-electron chi connectivity index (χ4n) is 3.48. The van der Waals surface area contributed by atoms with Crippen LogP contribution in [0.25, 0.3) is 22.6 Å². The highest BCUT2D eigenvalue weighted by Gasteiger charge is 2.38. The van der Waals surface area contributed by atoms with E-state index in [4.69, 9.17) is 10.5 Å². The molecule has 35 heavy (non-hydrogen) atoms. The molecule has 0 saturated heterocycles. The maximum absolute atomic E-state index is 13.6. The van der Waals surface area contributed by atoms with Crippen LogP contribution < -0.4 is 15.8 Å². The molecule has 2 aromatic heterocycles. The summed E-state index contributed by atoms with van der Waals surface area (Å²) in [7, 11) is 0. The minimum atomic E-state index is -4.80. The number of aromatic nitrogens is 3. The summed E-state index contributed by atoms with van der Waals surface area (Å²) in [5, 5.41) is 16.4. The molecule has 182 valence electrons. The summed E-state index contributed by atoms with van der Waals surface area (Å²) < 4.78 is 59.1. The molecule has 11 heteroatoms. The van der Waals surface area contributed by atoms with E-state index in [0.29, 0.717) is 17.0 Å². The Hall–Kier alpha value is -4.12. The number of hydrogen-bond acceptors (Lipinski definition) is 6. The van der Waals surface area contributed by atoms with E-state index in [1.165, 1.54) is 35.0 Å². The highest BCUT2D eigenvalue weighted by Crippen LogP contribution is 2.31. The van der Waals surface area contributed by atoms with Crippen LogP contribution in [0.2, 0.25) is 0 Å². The Labute approximate surface area is 197 Å². The second-order valence-corrected chi connectivity index (χ2v) is 7.83. The van der Waals surface area contributed by atoms with Crippen LogP contribution in [-0.2, 0) is 0 Å². The fraction of sp³-hybridized carbons (Fsp3) is 0.167. The maximum Gasteiger partial charge on any atom is 0.416 e. The largest absolute Gasteiger partial charge is 0.437 e. The number of aliphatic hydroxyl groups is 1. The molecule has 2 aromatic carbocycles. The van der Waals surface area contributed by atoms with Gasteiger partial charge < -0.3 is 20.9 Å². The molecule has 0 aliphatic heterocycles. The number of halogens is 4. The van der Waals surface area contributed by atoms with Gasteiger partial charge in [-0.25, -0.2) is 13.9 Å². The average molecular weight is 487 g/mol. The van der Waals surface area contributed by atoms with E-state index in [9.17, 15) is 22.7 Å². The summed E-state index contributed by atoms with van der Waals surface area (Å²) in [6.45, 7) is 4.78. The third-order valence-corrected chi connectivity index (χ3v) is 5.20. The zero-order valence-electron chi connectivity index (χ0n) is 18.5. The third-order valence-electron chi connectivity index (χ3n) is 5.20. The molecule has 7 nitrogen and oxygen atoms in total. The van der Waals surface area contributed by atoms with Gasteiger partial charge in [0, 0.05) is 29.9 Å². The quantitative estimate of drug-likeness (QED) is 0.321. The van der Waals surface area contributed by atoms with Gasteiger partial charge in [-0.05, 0) is 36.2 Å². The van der Waals surface area contributed by atoms with Gasteiger partial charge in [-0.1, -0.05) is 24.8 Å². The molecular weight excluding hydrogens is 466 g/mol. The van der Waals surface area contributed by atoms with Crippen LogP contribution in [0, 0.1) is 12.7 Å². The number of ether oxygens (including phenoxy) is 1. The first-order valence-corrected chi connectivity index (χ1v) is 10.4. The van der Waals surface area contributed by atoms with Crippen LogP contribution in [-0.4, -0.2) is 38.5 Å². The first kappa shape index (κ1) is 24.0. The molecule has 4 rings (SSSR count). The van der Waals surface area contributed by atoms with Crippen molar-refractivity contribution >= 4 is 17.0 Å². The summed E-state index contributed by atoms with van der Waals surface area (Å²) in [5.74, 6) is -0.424. The van der Waals surface area contributed by atoms with E-state index >= 15 is 0 Å². The normalized spacial score (nSPS) is 12.5. The number of fused-ring (bicyclic) bond motifs is 1. The molecule has 0 saturated carbocycles. The lowest BCUT2D eigenvalue weighted by Crippen LogP contribution is -2.35. The van der Waals surface area contributed by atoms with Crippen LogP contribution in [0.3, 0.4) is 0 Å². The van der Waals surface area contributed by atoms with Crippen LogP contribution in [0.1, 0.15) is 11.1 Å². The number of aliphatic hydroxyl groups excluding tert-OH is 1. The Morgan fingerprint density at radius 3 is 2.66 bits per heavy atom. The molecule has 2 heterocycles. The second kappa shape index (κ2) is 9.26. The van der Waals surface area contributed by atoms with Crippen molar-refractivity contribution in [2.75, 3.05) is 11.9 Å². The molecule has 0 fully saturated rings. The van der Waals surface area contributed by atoms with Gasteiger partial charge in [0.1, 0.15) is 11.6 Å². The topological polar surface area (TPSA) is 97.7 Å². The fourth-order valence-corrected chi connectivity index (χ4v) is 3.48. The molecule has 0 spiro atoms. The lowest BCUT2D eigenvalue weighted by atomic mass is 10.0. The molecule has 0 bridgehead atoms. The summed E-state index contributed by atoms with van der Waals surface area (Å²) in [6, 6.07) is 12.1. The minimum absolute atomic E-state index is 0.0324. The van der Waals surface area contributed by atoms with Gasteiger partial charge in [-0.2, -0.15) is 13.2 Å². The van der Waals surface area contributed by atoms with E-state index < -0.39 is 24.6 Å². The first-order chi connectivity index (χ1) is 16.5. The number of nitrogens with two attached hydrogens (primary N) is 1. The highest BCUT2D eigenvalue weighted by molar-refractivity contribution is 5.75. The maximum atomic E-state index is 13.6. The van der Waals surface area contributed by atoms with Crippen LogP contribution in [0.15, 0.2) is 61.3 Å². The zero-order valence-corrected chi connectivity index (χ0v) is 18.5. The number of nitrogens with one attached hydrogen (secondary N) is 1. The summed E-state index contributed by atoms with van der Waals surface area (Å²) in [5.41, 5.74) is 9.39. The predicted octanol–water partition coefficient (Wildman–Crippen LogP) is 4.90. The molecule has 4 aromatic rings. The van der Waals surface area contributed by atoms with Crippen LogP contribution >= 0.6 is 0 Å². The van der Waals surface area contributed by atoms with Crippen molar-refractivity contribution in [2.45, 2.75) is 19.2 Å². The van der Waals surface area contributed by atoms with E-state index in [2.05, 4.69) is 22.0 Å². The Kier molecular flexibility index (Phi) is 6.35. The molecule has 4 N–H and O–H groups in total. The summed E-state index contributed by atoms with van der Waals surface area (Å²) >= 11 is 0. The van der Waals surface area contributed by atoms with Crippen molar-refractivity contribution in [3.8, 4) is 22.9 Å². The zero-order chi connectivity index (χ0) is 25.3. The van der Waals surface area contributed by atoms with E-state index in [1.807, 2.05) is 13.0 Å². The molecule has 1 unspecified atom stereocenters. The molecule has 1 atom stereocenters. The molecule has 0 aliphatic rings. The third kappa shape index (κ3) is 5.19. The molecule has 0 amide bonds. The first-order valence-electron chi connectivity index (χ1n) is 10.4. The number of alkyl halides is 3. The van der Waals surface area contributed by atoms with Gasteiger partial charge in [0.05, 0.1) is 17.6 Å². The van der Waals surface area contributed by atoms with Crippen LogP contribution in [0.5, 0.6) is 11.6 Å². The Morgan fingerprint density at radius 1 is 1.23 bits per heavy atom. The van der Waals surface area contributed by atoms with Crippen molar-refractivity contribution in [3.63, 3.8) is 0 Å². The molecule has 0 aliphatic carbocycles. The number of imidazole rings is 1. The molecular formula is C24H21F4N5O2. The van der Waals surface area contributed by atoms with Gasteiger partial charge in [0.2, 0.25) is 5.88 Å². The highest BCUT2D eigenvalue weighted by atomic mass is 19.4. The smallest absolute Gasteiger partial charge is 0.416 e. The number of benzene rings is 2. The number of nitrogens with zero attached hydrogens (tertiary/aromatic N) is 3. The lowest BCUT2D eigenvalue weighted by molar-refractivity contribution is -0.198. The van der Waals surface area contributed by atoms with Crippen molar-refractivity contribution < 1.29 is 27.4 Å². The van der Waals surface area contributed by atoms with Crippen molar-refractivity contribution in [1.29, 1.82) is 0 Å². The number of anilines is 1. The van der Waals surface area contributed by atoms with E-state index in [-0.39, 0.29) is 23.0 Å². The van der Waals surface area contributed by atoms with Gasteiger partial charge >= 0.3 is 6.18 Å². The lowest BCUT2D eigenvalue weighted by Gasteiger charge is -2.17.